The Balaban J connectivity index is 2.31. The van der Waals surface area contributed by atoms with E-state index in [-0.39, 0.29) is 6.10 Å². The van der Waals surface area contributed by atoms with Gasteiger partial charge in [-0.1, -0.05) is 52.3 Å². The Morgan fingerprint density at radius 2 is 2.07 bits per heavy atom. The average Bonchev–Trinajstić information content (AvgIpc) is 2.31. The van der Waals surface area contributed by atoms with E-state index in [0.717, 1.165) is 18.2 Å². The molecule has 1 unspecified atom stereocenters. The molecule has 0 radical (unpaired) electrons. The second-order valence-electron chi connectivity index (χ2n) is 3.40. The number of benzene rings is 1. The van der Waals surface area contributed by atoms with Gasteiger partial charge in [-0.3, -0.25) is 0 Å². The zero-order valence-corrected chi connectivity index (χ0v) is 10.4. The summed E-state index contributed by atoms with van der Waals surface area (Å²) in [6.45, 7) is 4.45. The highest BCUT2D eigenvalue weighted by Gasteiger charge is 2.03. The summed E-state index contributed by atoms with van der Waals surface area (Å²) in [6, 6.07) is 10.2. The van der Waals surface area contributed by atoms with E-state index in [1.165, 1.54) is 5.56 Å². The zero-order valence-electron chi connectivity index (χ0n) is 8.86. The van der Waals surface area contributed by atoms with E-state index in [2.05, 4.69) is 34.6 Å². The third kappa shape index (κ3) is 5.14. The minimum absolute atomic E-state index is 0.169. The van der Waals surface area contributed by atoms with Crippen LogP contribution in [0.4, 0.5) is 0 Å². The highest BCUT2D eigenvalue weighted by Crippen LogP contribution is 2.09. The standard InChI is InChI=1S/C13H17BrO/c1-2-13(9-6-10-14)15-11-12-7-4-3-5-8-12/h2-5,7-8,13H,1,6,9-11H2. The fourth-order valence-electron chi connectivity index (χ4n) is 1.33. The third-order valence-corrected chi connectivity index (χ3v) is 2.75. The molecule has 82 valence electrons. The first-order valence-corrected chi connectivity index (χ1v) is 6.33. The van der Waals surface area contributed by atoms with Crippen LogP contribution in [0.25, 0.3) is 0 Å². The molecule has 0 amide bonds. The molecular formula is C13H17BrO. The smallest absolute Gasteiger partial charge is 0.0758 e. The molecule has 1 aromatic rings. The summed E-state index contributed by atoms with van der Waals surface area (Å²) in [6.07, 6.45) is 4.20. The molecule has 1 rings (SSSR count). The number of halogens is 1. The van der Waals surface area contributed by atoms with Crippen LogP contribution in [-0.4, -0.2) is 11.4 Å². The Morgan fingerprint density at radius 1 is 1.33 bits per heavy atom. The van der Waals surface area contributed by atoms with Gasteiger partial charge in [0.1, 0.15) is 0 Å². The molecular weight excluding hydrogens is 252 g/mol. The van der Waals surface area contributed by atoms with Gasteiger partial charge in [-0.15, -0.1) is 6.58 Å². The van der Waals surface area contributed by atoms with Crippen LogP contribution in [0.2, 0.25) is 0 Å². The molecule has 2 heteroatoms. The summed E-state index contributed by atoms with van der Waals surface area (Å²) in [5, 5.41) is 1.02. The second kappa shape index (κ2) is 7.66. The molecule has 0 saturated carbocycles. The zero-order chi connectivity index (χ0) is 10.9. The van der Waals surface area contributed by atoms with Gasteiger partial charge < -0.3 is 4.74 Å². The first-order chi connectivity index (χ1) is 7.36. The summed E-state index contributed by atoms with van der Waals surface area (Å²) < 4.78 is 5.74. The summed E-state index contributed by atoms with van der Waals surface area (Å²) in [4.78, 5) is 0. The maximum atomic E-state index is 5.74. The van der Waals surface area contributed by atoms with Gasteiger partial charge in [0, 0.05) is 5.33 Å². The molecule has 0 aliphatic heterocycles. The number of hydrogen-bond acceptors (Lipinski definition) is 1. The van der Waals surface area contributed by atoms with E-state index in [0.29, 0.717) is 6.61 Å². The number of ether oxygens (including phenoxy) is 1. The fourth-order valence-corrected chi connectivity index (χ4v) is 1.65. The molecule has 0 aliphatic carbocycles. The molecule has 1 aromatic carbocycles. The van der Waals surface area contributed by atoms with Crippen molar-refractivity contribution in [1.29, 1.82) is 0 Å². The van der Waals surface area contributed by atoms with Gasteiger partial charge in [-0.05, 0) is 18.4 Å². The molecule has 0 aromatic heterocycles. The van der Waals surface area contributed by atoms with Crippen molar-refractivity contribution in [1.82, 2.24) is 0 Å². The number of rotatable bonds is 7. The SMILES string of the molecule is C=CC(CCCBr)OCc1ccccc1. The molecule has 0 spiro atoms. The molecule has 0 saturated heterocycles. The number of alkyl halides is 1. The van der Waals surface area contributed by atoms with Crippen LogP contribution < -0.4 is 0 Å². The van der Waals surface area contributed by atoms with Crippen molar-refractivity contribution in [3.05, 3.63) is 48.6 Å². The largest absolute Gasteiger partial charge is 0.369 e. The lowest BCUT2D eigenvalue weighted by molar-refractivity contribution is 0.0665. The molecule has 1 atom stereocenters. The van der Waals surface area contributed by atoms with Gasteiger partial charge >= 0.3 is 0 Å². The molecule has 0 bridgehead atoms. The lowest BCUT2D eigenvalue weighted by Gasteiger charge is -2.13. The van der Waals surface area contributed by atoms with Gasteiger partial charge in [-0.25, -0.2) is 0 Å². The highest BCUT2D eigenvalue weighted by molar-refractivity contribution is 9.09. The summed E-state index contributed by atoms with van der Waals surface area (Å²) >= 11 is 3.41. The van der Waals surface area contributed by atoms with Crippen molar-refractivity contribution in [2.24, 2.45) is 0 Å². The Morgan fingerprint density at radius 3 is 2.67 bits per heavy atom. The first-order valence-electron chi connectivity index (χ1n) is 5.21. The molecule has 1 nitrogen and oxygen atoms in total. The molecule has 0 N–H and O–H groups in total. The van der Waals surface area contributed by atoms with Gasteiger partial charge in [-0.2, -0.15) is 0 Å². The van der Waals surface area contributed by atoms with Crippen molar-refractivity contribution in [3.63, 3.8) is 0 Å². The Labute approximate surface area is 100 Å². The Kier molecular flexibility index (Phi) is 6.37. The van der Waals surface area contributed by atoms with E-state index >= 15 is 0 Å². The van der Waals surface area contributed by atoms with E-state index in [1.807, 2.05) is 24.3 Å². The van der Waals surface area contributed by atoms with Crippen molar-refractivity contribution < 1.29 is 4.74 Å². The lowest BCUT2D eigenvalue weighted by atomic mass is 10.2. The second-order valence-corrected chi connectivity index (χ2v) is 4.19. The third-order valence-electron chi connectivity index (χ3n) is 2.19. The molecule has 15 heavy (non-hydrogen) atoms. The van der Waals surface area contributed by atoms with E-state index < -0.39 is 0 Å². The maximum Gasteiger partial charge on any atom is 0.0758 e. The molecule has 0 heterocycles. The predicted molar refractivity (Wildman–Crippen MR) is 68.2 cm³/mol. The lowest BCUT2D eigenvalue weighted by Crippen LogP contribution is -2.09. The van der Waals surface area contributed by atoms with Crippen molar-refractivity contribution in [2.75, 3.05) is 5.33 Å². The Hall–Kier alpha value is -0.600. The van der Waals surface area contributed by atoms with Crippen LogP contribution in [0.3, 0.4) is 0 Å². The topological polar surface area (TPSA) is 9.23 Å². The van der Waals surface area contributed by atoms with Gasteiger partial charge in [0.2, 0.25) is 0 Å². The Bertz CT molecular complexity index is 271. The highest BCUT2D eigenvalue weighted by atomic mass is 79.9. The van der Waals surface area contributed by atoms with Crippen molar-refractivity contribution in [2.45, 2.75) is 25.6 Å². The monoisotopic (exact) mass is 268 g/mol. The summed E-state index contributed by atoms with van der Waals surface area (Å²) in [7, 11) is 0. The van der Waals surface area contributed by atoms with Crippen LogP contribution in [-0.2, 0) is 11.3 Å². The van der Waals surface area contributed by atoms with Crippen LogP contribution in [0.5, 0.6) is 0 Å². The van der Waals surface area contributed by atoms with E-state index in [1.54, 1.807) is 0 Å². The normalized spacial score (nSPS) is 12.3. The van der Waals surface area contributed by atoms with Gasteiger partial charge in [0.25, 0.3) is 0 Å². The molecule has 0 aliphatic rings. The first kappa shape index (κ1) is 12.5. The number of hydrogen-bond donors (Lipinski definition) is 0. The van der Waals surface area contributed by atoms with Crippen LogP contribution in [0.1, 0.15) is 18.4 Å². The minimum Gasteiger partial charge on any atom is -0.369 e. The fraction of sp³-hybridized carbons (Fsp3) is 0.385. The maximum absolute atomic E-state index is 5.74. The van der Waals surface area contributed by atoms with Gasteiger partial charge in [0.05, 0.1) is 12.7 Å². The van der Waals surface area contributed by atoms with Crippen LogP contribution in [0.15, 0.2) is 43.0 Å². The van der Waals surface area contributed by atoms with Crippen LogP contribution in [0, 0.1) is 0 Å². The quantitative estimate of drug-likeness (QED) is 0.538. The van der Waals surface area contributed by atoms with E-state index in [9.17, 15) is 0 Å². The summed E-state index contributed by atoms with van der Waals surface area (Å²) in [5.41, 5.74) is 1.21. The van der Waals surface area contributed by atoms with Gasteiger partial charge in [0.15, 0.2) is 0 Å². The van der Waals surface area contributed by atoms with Crippen molar-refractivity contribution >= 4 is 15.9 Å². The average molecular weight is 269 g/mol. The van der Waals surface area contributed by atoms with E-state index in [4.69, 9.17) is 4.74 Å². The minimum atomic E-state index is 0.169. The van der Waals surface area contributed by atoms with Crippen molar-refractivity contribution in [3.8, 4) is 0 Å². The molecule has 0 fully saturated rings. The van der Waals surface area contributed by atoms with Crippen LogP contribution >= 0.6 is 15.9 Å². The predicted octanol–water partition coefficient (Wildman–Crippen LogP) is 3.93. The summed E-state index contributed by atoms with van der Waals surface area (Å²) in [5.74, 6) is 0.